The first-order valence-electron chi connectivity index (χ1n) is 10.2. The van der Waals surface area contributed by atoms with Crippen molar-refractivity contribution in [3.63, 3.8) is 0 Å². The second-order valence-electron chi connectivity index (χ2n) is 9.90. The van der Waals surface area contributed by atoms with Crippen LogP contribution in [0.15, 0.2) is 10.5 Å². The average molecular weight is 452 g/mol. The molecule has 170 valence electrons. The number of amides is 1. The number of ketones is 1. The summed E-state index contributed by atoms with van der Waals surface area (Å²) in [6, 6.07) is 0. The Morgan fingerprint density at radius 3 is 2.52 bits per heavy atom. The predicted octanol–water partition coefficient (Wildman–Crippen LogP) is 2.71. The van der Waals surface area contributed by atoms with Crippen molar-refractivity contribution in [1.29, 1.82) is 0 Å². The number of hydroxylamine groups is 1. The molecule has 2 fully saturated rings. The zero-order valence-corrected chi connectivity index (χ0v) is 19.6. The fourth-order valence-corrected chi connectivity index (χ4v) is 4.40. The third-order valence-electron chi connectivity index (χ3n) is 5.00. The maximum Gasteiger partial charge on any atom is 0.353 e. The van der Waals surface area contributed by atoms with Crippen LogP contribution >= 0.6 is 11.3 Å². The lowest BCUT2D eigenvalue weighted by Gasteiger charge is -2.49. The molecule has 1 aliphatic carbocycles. The van der Waals surface area contributed by atoms with Crippen LogP contribution in [0.1, 0.15) is 64.6 Å². The van der Waals surface area contributed by atoms with Crippen molar-refractivity contribution in [2.45, 2.75) is 72.0 Å². The quantitative estimate of drug-likeness (QED) is 0.385. The molecule has 10 heteroatoms. The second kappa shape index (κ2) is 8.31. The molecule has 1 N–H and O–H groups in total. The molecule has 0 spiro atoms. The van der Waals surface area contributed by atoms with Gasteiger partial charge in [0, 0.05) is 24.6 Å². The highest BCUT2D eigenvalue weighted by atomic mass is 32.1. The van der Waals surface area contributed by atoms with E-state index in [1.54, 1.807) is 26.2 Å². The third-order valence-corrected chi connectivity index (χ3v) is 5.77. The fraction of sp³-hybridized carbons (Fsp3) is 0.667. The summed E-state index contributed by atoms with van der Waals surface area (Å²) in [5.74, 6) is -1.88. The van der Waals surface area contributed by atoms with Crippen molar-refractivity contribution < 1.29 is 28.8 Å². The Balaban J connectivity index is 1.86. The first kappa shape index (κ1) is 23.3. The topological polar surface area (TPSA) is 116 Å². The number of hydrogen-bond acceptors (Lipinski definition) is 9. The van der Waals surface area contributed by atoms with Gasteiger partial charge >= 0.3 is 5.97 Å². The van der Waals surface area contributed by atoms with Crippen LogP contribution in [-0.4, -0.2) is 46.2 Å². The maximum atomic E-state index is 13.0. The van der Waals surface area contributed by atoms with E-state index in [1.807, 2.05) is 20.8 Å². The molecular formula is C21H29N3O6S. The van der Waals surface area contributed by atoms with Crippen LogP contribution in [-0.2, 0) is 28.8 Å². The zero-order chi connectivity index (χ0) is 23.0. The molecule has 1 aromatic heterocycles. The number of carbonyl (C=O) groups is 3. The molecule has 0 aromatic carbocycles. The minimum atomic E-state index is -1.26. The van der Waals surface area contributed by atoms with Gasteiger partial charge in [-0.15, -0.1) is 11.3 Å². The van der Waals surface area contributed by atoms with Crippen LogP contribution in [0.4, 0.5) is 0 Å². The molecule has 2 aliphatic rings. The Bertz CT molecular complexity index is 906. The van der Waals surface area contributed by atoms with Crippen molar-refractivity contribution in [3.05, 3.63) is 16.1 Å². The normalized spacial score (nSPS) is 22.5. The van der Waals surface area contributed by atoms with Gasteiger partial charge in [0.25, 0.3) is 0 Å². The van der Waals surface area contributed by atoms with E-state index in [1.165, 1.54) is 11.3 Å². The molecule has 1 aromatic rings. The SMILES string of the molecule is Cc1nc(/C(=N/OC2(C(=O)OC(C)(C)C)CC(C)(C)C2)C(=O)C[C@H]2CONC2=O)cs1. The van der Waals surface area contributed by atoms with Crippen LogP contribution in [0.2, 0.25) is 0 Å². The maximum absolute atomic E-state index is 13.0. The summed E-state index contributed by atoms with van der Waals surface area (Å²) in [7, 11) is 0. The molecular weight excluding hydrogens is 422 g/mol. The number of aromatic nitrogens is 1. The molecule has 0 unspecified atom stereocenters. The van der Waals surface area contributed by atoms with Gasteiger partial charge in [-0.1, -0.05) is 19.0 Å². The Labute approximate surface area is 185 Å². The monoisotopic (exact) mass is 451 g/mol. The molecule has 1 aliphatic heterocycles. The van der Waals surface area contributed by atoms with Gasteiger partial charge in [0.2, 0.25) is 11.5 Å². The second-order valence-corrected chi connectivity index (χ2v) is 11.0. The molecule has 3 rings (SSSR count). The van der Waals surface area contributed by atoms with E-state index < -0.39 is 28.9 Å². The van der Waals surface area contributed by atoms with Gasteiger partial charge in [-0.25, -0.2) is 15.3 Å². The molecule has 31 heavy (non-hydrogen) atoms. The number of hydrogen-bond donors (Lipinski definition) is 1. The minimum absolute atomic E-state index is 0.0170. The van der Waals surface area contributed by atoms with Crippen molar-refractivity contribution in [1.82, 2.24) is 10.5 Å². The van der Waals surface area contributed by atoms with E-state index >= 15 is 0 Å². The van der Waals surface area contributed by atoms with E-state index in [-0.39, 0.29) is 30.1 Å². The highest BCUT2D eigenvalue weighted by Crippen LogP contribution is 2.51. The smallest absolute Gasteiger partial charge is 0.353 e. The first-order chi connectivity index (χ1) is 14.3. The Morgan fingerprint density at radius 2 is 2.03 bits per heavy atom. The number of ether oxygens (including phenoxy) is 1. The Kier molecular flexibility index (Phi) is 6.25. The predicted molar refractivity (Wildman–Crippen MR) is 113 cm³/mol. The highest BCUT2D eigenvalue weighted by Gasteiger charge is 2.59. The number of carbonyl (C=O) groups excluding carboxylic acids is 3. The lowest BCUT2D eigenvalue weighted by atomic mass is 9.61. The van der Waals surface area contributed by atoms with Gasteiger partial charge in [0.1, 0.15) is 11.3 Å². The number of nitrogens with one attached hydrogen (secondary N) is 1. The largest absolute Gasteiger partial charge is 0.457 e. The number of aryl methyl sites for hydroxylation is 1. The van der Waals surface area contributed by atoms with Crippen molar-refractivity contribution in [2.24, 2.45) is 16.5 Å². The fourth-order valence-electron chi connectivity index (χ4n) is 3.80. The number of esters is 1. The molecule has 0 radical (unpaired) electrons. The van der Waals surface area contributed by atoms with E-state index in [2.05, 4.69) is 15.6 Å². The summed E-state index contributed by atoms with van der Waals surface area (Å²) < 4.78 is 5.56. The standard InChI is InChI=1S/C21H29N3O6S/c1-12-22-14(9-31-12)16(15(25)7-13-8-28-24-17(13)26)23-30-21(10-20(5,6)11-21)18(27)29-19(2,3)4/h9,13H,7-8,10-11H2,1-6H3,(H,24,26)/b23-16-/t13-/m0/s1. The van der Waals surface area contributed by atoms with Gasteiger partial charge in [0.05, 0.1) is 17.5 Å². The average Bonchev–Trinajstić information content (AvgIpc) is 3.20. The summed E-state index contributed by atoms with van der Waals surface area (Å²) in [5, 5.41) is 6.58. The summed E-state index contributed by atoms with van der Waals surface area (Å²) in [4.78, 5) is 52.7. The van der Waals surface area contributed by atoms with Crippen LogP contribution in [0.3, 0.4) is 0 Å². The molecule has 1 saturated heterocycles. The summed E-state index contributed by atoms with van der Waals surface area (Å²) in [6.07, 6.45) is 0.721. The molecule has 0 bridgehead atoms. The Morgan fingerprint density at radius 1 is 1.35 bits per heavy atom. The van der Waals surface area contributed by atoms with Crippen LogP contribution in [0.5, 0.6) is 0 Å². The molecule has 1 amide bonds. The van der Waals surface area contributed by atoms with Crippen molar-refractivity contribution in [3.8, 4) is 0 Å². The first-order valence-corrected chi connectivity index (χ1v) is 11.1. The summed E-state index contributed by atoms with van der Waals surface area (Å²) >= 11 is 1.37. The number of oxime groups is 1. The van der Waals surface area contributed by atoms with Gasteiger partial charge in [-0.2, -0.15) is 0 Å². The van der Waals surface area contributed by atoms with Gasteiger partial charge < -0.3 is 9.57 Å². The minimum Gasteiger partial charge on any atom is -0.457 e. The van der Waals surface area contributed by atoms with Crippen LogP contribution in [0.25, 0.3) is 0 Å². The number of Topliss-reactive ketones (excluding diaryl/α,β-unsaturated/α-hetero) is 1. The zero-order valence-electron chi connectivity index (χ0n) is 18.7. The van der Waals surface area contributed by atoms with E-state index in [0.717, 1.165) is 5.01 Å². The summed E-state index contributed by atoms with van der Waals surface area (Å²) in [5.41, 5.74) is 0.512. The molecule has 9 nitrogen and oxygen atoms in total. The van der Waals surface area contributed by atoms with E-state index in [4.69, 9.17) is 14.4 Å². The van der Waals surface area contributed by atoms with Gasteiger partial charge in [-0.05, 0) is 33.1 Å². The summed E-state index contributed by atoms with van der Waals surface area (Å²) in [6.45, 7) is 11.3. The van der Waals surface area contributed by atoms with Gasteiger partial charge in [-0.3, -0.25) is 14.4 Å². The van der Waals surface area contributed by atoms with Crippen LogP contribution in [0, 0.1) is 18.3 Å². The highest BCUT2D eigenvalue weighted by molar-refractivity contribution is 7.09. The van der Waals surface area contributed by atoms with Crippen LogP contribution < -0.4 is 5.48 Å². The van der Waals surface area contributed by atoms with E-state index in [9.17, 15) is 14.4 Å². The molecule has 2 heterocycles. The Hall–Kier alpha value is -2.33. The number of nitrogens with zero attached hydrogens (tertiary/aromatic N) is 2. The van der Waals surface area contributed by atoms with Gasteiger partial charge in [0.15, 0.2) is 11.5 Å². The van der Waals surface area contributed by atoms with E-state index in [0.29, 0.717) is 18.5 Å². The molecule has 1 atom stereocenters. The lowest BCUT2D eigenvalue weighted by molar-refractivity contribution is -0.213. The van der Waals surface area contributed by atoms with Crippen molar-refractivity contribution >= 4 is 34.7 Å². The third kappa shape index (κ3) is 5.48. The molecule has 1 saturated carbocycles. The van der Waals surface area contributed by atoms with Crippen molar-refractivity contribution in [2.75, 3.05) is 6.61 Å². The number of thiazole rings is 1. The number of rotatable bonds is 7. The lowest BCUT2D eigenvalue weighted by Crippen LogP contribution is -2.57.